The topological polar surface area (TPSA) is 0 Å². The molecular formula is C14H15Br. The van der Waals surface area contributed by atoms with E-state index >= 15 is 0 Å². The lowest BCUT2D eigenvalue weighted by Crippen LogP contribution is -1.99. The van der Waals surface area contributed by atoms with Crippen LogP contribution in [0.4, 0.5) is 0 Å². The molecule has 1 heteroatoms. The van der Waals surface area contributed by atoms with E-state index in [1.54, 1.807) is 5.57 Å². The molecule has 0 N–H and O–H groups in total. The Labute approximate surface area is 99.5 Å². The molecule has 2 atom stereocenters. The van der Waals surface area contributed by atoms with Crippen LogP contribution in [-0.4, -0.2) is 0 Å². The van der Waals surface area contributed by atoms with Crippen molar-refractivity contribution >= 4 is 21.5 Å². The molecule has 1 aromatic rings. The molecule has 0 amide bonds. The fourth-order valence-corrected chi connectivity index (χ4v) is 3.56. The Bertz CT molecular complexity index is 406. The van der Waals surface area contributed by atoms with E-state index in [0.29, 0.717) is 0 Å². The lowest BCUT2D eigenvalue weighted by Gasteiger charge is -2.16. The Morgan fingerprint density at radius 2 is 2.07 bits per heavy atom. The van der Waals surface area contributed by atoms with Crippen LogP contribution in [0.15, 0.2) is 30.3 Å². The standard InChI is InChI=1S/C14H15Br/c15-9-12-3-1-2-4-13(12)14-8-10-5-6-11(14)7-10/h1-4,8,10-11H,5-7,9H2. The average Bonchev–Trinajstić information content (AvgIpc) is 2.90. The van der Waals surface area contributed by atoms with Gasteiger partial charge in [0.15, 0.2) is 0 Å². The van der Waals surface area contributed by atoms with Gasteiger partial charge in [-0.05, 0) is 47.8 Å². The first-order valence-electron chi connectivity index (χ1n) is 5.74. The first kappa shape index (κ1) is 9.65. The van der Waals surface area contributed by atoms with E-state index in [9.17, 15) is 0 Å². The van der Waals surface area contributed by atoms with Crippen molar-refractivity contribution in [3.63, 3.8) is 0 Å². The fraction of sp³-hybridized carbons (Fsp3) is 0.429. The second kappa shape index (κ2) is 3.79. The van der Waals surface area contributed by atoms with Crippen LogP contribution in [-0.2, 0) is 5.33 Å². The predicted molar refractivity (Wildman–Crippen MR) is 67.9 cm³/mol. The van der Waals surface area contributed by atoms with E-state index < -0.39 is 0 Å². The van der Waals surface area contributed by atoms with Crippen molar-refractivity contribution in [2.45, 2.75) is 24.6 Å². The third-order valence-electron chi connectivity index (χ3n) is 3.80. The number of rotatable bonds is 2. The van der Waals surface area contributed by atoms with Gasteiger partial charge in [-0.15, -0.1) is 0 Å². The molecule has 2 bridgehead atoms. The van der Waals surface area contributed by atoms with Crippen LogP contribution in [0.1, 0.15) is 30.4 Å². The lowest BCUT2D eigenvalue weighted by atomic mass is 9.90. The zero-order valence-electron chi connectivity index (χ0n) is 8.75. The van der Waals surface area contributed by atoms with Crippen LogP contribution in [0.5, 0.6) is 0 Å². The minimum atomic E-state index is 0.857. The molecule has 1 aromatic carbocycles. The summed E-state index contributed by atoms with van der Waals surface area (Å²) in [5.41, 5.74) is 4.55. The van der Waals surface area contributed by atoms with E-state index in [1.807, 2.05) is 0 Å². The molecule has 0 saturated heterocycles. The molecule has 0 nitrogen and oxygen atoms in total. The van der Waals surface area contributed by atoms with Gasteiger partial charge in [-0.1, -0.05) is 46.3 Å². The van der Waals surface area contributed by atoms with Gasteiger partial charge in [-0.25, -0.2) is 0 Å². The van der Waals surface area contributed by atoms with Gasteiger partial charge in [0, 0.05) is 5.33 Å². The van der Waals surface area contributed by atoms with Gasteiger partial charge in [0.25, 0.3) is 0 Å². The Morgan fingerprint density at radius 1 is 1.20 bits per heavy atom. The van der Waals surface area contributed by atoms with Crippen molar-refractivity contribution < 1.29 is 0 Å². The van der Waals surface area contributed by atoms with Crippen molar-refractivity contribution in [3.8, 4) is 0 Å². The van der Waals surface area contributed by atoms with Crippen LogP contribution in [0, 0.1) is 11.8 Å². The molecule has 1 saturated carbocycles. The Hall–Kier alpha value is -0.560. The largest absolute Gasteiger partial charge is 0.0876 e. The Kier molecular flexibility index (Phi) is 2.44. The number of halogens is 1. The van der Waals surface area contributed by atoms with Gasteiger partial charge in [0.05, 0.1) is 0 Å². The fourth-order valence-electron chi connectivity index (χ4n) is 3.07. The van der Waals surface area contributed by atoms with Gasteiger partial charge in [0.1, 0.15) is 0 Å². The van der Waals surface area contributed by atoms with E-state index in [4.69, 9.17) is 0 Å². The third kappa shape index (κ3) is 1.57. The molecule has 0 spiro atoms. The second-order valence-corrected chi connectivity index (χ2v) is 5.24. The zero-order chi connectivity index (χ0) is 10.3. The predicted octanol–water partition coefficient (Wildman–Crippen LogP) is 4.39. The second-order valence-electron chi connectivity index (χ2n) is 4.68. The van der Waals surface area contributed by atoms with Gasteiger partial charge >= 0.3 is 0 Å². The van der Waals surface area contributed by atoms with Crippen LogP contribution in [0.3, 0.4) is 0 Å². The first-order valence-corrected chi connectivity index (χ1v) is 6.86. The average molecular weight is 263 g/mol. The molecule has 0 heterocycles. The maximum Gasteiger partial charge on any atom is 0.0289 e. The summed E-state index contributed by atoms with van der Waals surface area (Å²) in [6.07, 6.45) is 6.76. The summed E-state index contributed by atoms with van der Waals surface area (Å²) in [7, 11) is 0. The van der Waals surface area contributed by atoms with Crippen molar-refractivity contribution in [3.05, 3.63) is 41.5 Å². The highest BCUT2D eigenvalue weighted by molar-refractivity contribution is 9.08. The minimum absolute atomic E-state index is 0.857. The molecule has 1 fully saturated rings. The molecular weight excluding hydrogens is 248 g/mol. The summed E-state index contributed by atoms with van der Waals surface area (Å²) in [5, 5.41) is 0.970. The van der Waals surface area contributed by atoms with Crippen LogP contribution < -0.4 is 0 Å². The summed E-state index contributed by atoms with van der Waals surface area (Å²) in [6.45, 7) is 0. The highest BCUT2D eigenvalue weighted by Crippen LogP contribution is 2.48. The minimum Gasteiger partial charge on any atom is -0.0876 e. The summed E-state index contributed by atoms with van der Waals surface area (Å²) in [6, 6.07) is 8.81. The molecule has 78 valence electrons. The number of allylic oxidation sites excluding steroid dienone is 2. The molecule has 2 aliphatic carbocycles. The van der Waals surface area contributed by atoms with E-state index in [0.717, 1.165) is 17.2 Å². The maximum absolute atomic E-state index is 3.58. The summed E-state index contributed by atoms with van der Waals surface area (Å²) in [5.74, 6) is 1.74. The van der Waals surface area contributed by atoms with Crippen LogP contribution >= 0.6 is 15.9 Å². The number of alkyl halides is 1. The molecule has 2 aliphatic rings. The van der Waals surface area contributed by atoms with Gasteiger partial charge in [0.2, 0.25) is 0 Å². The molecule has 0 radical (unpaired) electrons. The monoisotopic (exact) mass is 262 g/mol. The summed E-state index contributed by atoms with van der Waals surface area (Å²) < 4.78 is 0. The molecule has 3 rings (SSSR count). The highest BCUT2D eigenvalue weighted by Gasteiger charge is 2.33. The van der Waals surface area contributed by atoms with E-state index in [2.05, 4.69) is 46.3 Å². The number of fused-ring (bicyclic) bond motifs is 2. The normalized spacial score (nSPS) is 28.2. The smallest absolute Gasteiger partial charge is 0.0289 e. The number of hydrogen-bond acceptors (Lipinski definition) is 0. The van der Waals surface area contributed by atoms with Gasteiger partial charge in [-0.3, -0.25) is 0 Å². The van der Waals surface area contributed by atoms with Crippen molar-refractivity contribution in [1.29, 1.82) is 0 Å². The Morgan fingerprint density at radius 3 is 2.73 bits per heavy atom. The van der Waals surface area contributed by atoms with E-state index in [1.165, 1.54) is 30.4 Å². The molecule has 2 unspecified atom stereocenters. The van der Waals surface area contributed by atoms with Crippen molar-refractivity contribution in [2.24, 2.45) is 11.8 Å². The number of benzene rings is 1. The zero-order valence-corrected chi connectivity index (χ0v) is 10.3. The van der Waals surface area contributed by atoms with Gasteiger partial charge < -0.3 is 0 Å². The highest BCUT2D eigenvalue weighted by atomic mass is 79.9. The summed E-state index contributed by atoms with van der Waals surface area (Å²) in [4.78, 5) is 0. The molecule has 0 aromatic heterocycles. The molecule has 0 aliphatic heterocycles. The third-order valence-corrected chi connectivity index (χ3v) is 4.40. The quantitative estimate of drug-likeness (QED) is 0.694. The summed E-state index contributed by atoms with van der Waals surface area (Å²) >= 11 is 3.58. The SMILES string of the molecule is BrCc1ccccc1C1=CC2CCC1C2. The first-order chi connectivity index (χ1) is 7.38. The lowest BCUT2D eigenvalue weighted by molar-refractivity contribution is 0.695. The number of hydrogen-bond donors (Lipinski definition) is 0. The van der Waals surface area contributed by atoms with Crippen molar-refractivity contribution in [1.82, 2.24) is 0 Å². The maximum atomic E-state index is 3.58. The van der Waals surface area contributed by atoms with Crippen LogP contribution in [0.25, 0.3) is 5.57 Å². The Balaban J connectivity index is 2.03. The van der Waals surface area contributed by atoms with Crippen molar-refractivity contribution in [2.75, 3.05) is 0 Å². The van der Waals surface area contributed by atoms with Gasteiger partial charge in [-0.2, -0.15) is 0 Å². The van der Waals surface area contributed by atoms with Crippen LogP contribution in [0.2, 0.25) is 0 Å². The van der Waals surface area contributed by atoms with E-state index in [-0.39, 0.29) is 0 Å². The molecule has 15 heavy (non-hydrogen) atoms.